The Morgan fingerprint density at radius 2 is 2.25 bits per heavy atom. The van der Waals surface area contributed by atoms with Crippen molar-refractivity contribution in [3.8, 4) is 0 Å². The maximum Gasteiger partial charge on any atom is 0.434 e. The minimum absolute atomic E-state index is 0.0813. The Morgan fingerprint density at radius 1 is 1.42 bits per heavy atom. The van der Waals surface area contributed by atoms with E-state index in [1.54, 1.807) is 5.51 Å². The summed E-state index contributed by atoms with van der Waals surface area (Å²) in [7, 11) is 0. The van der Waals surface area contributed by atoms with Crippen molar-refractivity contribution < 1.29 is 18.0 Å². The molecule has 2 N–H and O–H groups in total. The molecule has 0 radical (unpaired) electrons. The number of aryl methyl sites for hydroxylation is 1. The number of alkyl halides is 3. The second kappa shape index (κ2) is 6.80. The normalized spacial score (nSPS) is 17.4. The van der Waals surface area contributed by atoms with Gasteiger partial charge in [0.2, 0.25) is 0 Å². The van der Waals surface area contributed by atoms with Crippen LogP contribution < -0.4 is 10.6 Å². The zero-order valence-corrected chi connectivity index (χ0v) is 13.5. The van der Waals surface area contributed by atoms with Crippen LogP contribution in [0.3, 0.4) is 0 Å². The summed E-state index contributed by atoms with van der Waals surface area (Å²) in [5, 5.41) is 7.29. The number of nitrogens with one attached hydrogen (secondary N) is 2. The first-order chi connectivity index (χ1) is 11.4. The van der Waals surface area contributed by atoms with Crippen LogP contribution in [-0.4, -0.2) is 27.1 Å². The smallest absolute Gasteiger partial charge is 0.338 e. The highest BCUT2D eigenvalue weighted by molar-refractivity contribution is 7.07. The molecule has 1 aliphatic rings. The van der Waals surface area contributed by atoms with Gasteiger partial charge in [0, 0.05) is 31.1 Å². The van der Waals surface area contributed by atoms with E-state index in [0.717, 1.165) is 11.9 Å². The minimum Gasteiger partial charge on any atom is -0.338 e. The monoisotopic (exact) mass is 359 g/mol. The number of hydrogen-bond donors (Lipinski definition) is 2. The highest BCUT2D eigenvalue weighted by atomic mass is 32.1. The summed E-state index contributed by atoms with van der Waals surface area (Å²) in [6.07, 6.45) is -2.21. The fourth-order valence-electron chi connectivity index (χ4n) is 2.61. The van der Waals surface area contributed by atoms with E-state index in [2.05, 4.69) is 20.6 Å². The summed E-state index contributed by atoms with van der Waals surface area (Å²) in [5.74, 6) is 0.532. The zero-order chi connectivity index (χ0) is 17.2. The molecule has 0 fully saturated rings. The lowest BCUT2D eigenvalue weighted by atomic mass is 9.99. The van der Waals surface area contributed by atoms with Gasteiger partial charge in [0.15, 0.2) is 5.69 Å². The molecule has 130 valence electrons. The van der Waals surface area contributed by atoms with Crippen LogP contribution in [0.2, 0.25) is 0 Å². The lowest BCUT2D eigenvalue weighted by molar-refractivity contribution is -0.141. The Morgan fingerprint density at radius 3 is 2.96 bits per heavy atom. The predicted molar refractivity (Wildman–Crippen MR) is 81.4 cm³/mol. The summed E-state index contributed by atoms with van der Waals surface area (Å²) in [6.45, 7) is 1.17. The van der Waals surface area contributed by atoms with E-state index in [4.69, 9.17) is 0 Å². The molecule has 24 heavy (non-hydrogen) atoms. The van der Waals surface area contributed by atoms with E-state index in [1.165, 1.54) is 15.9 Å². The molecule has 0 spiro atoms. The molecule has 0 aromatic carbocycles. The Bertz CT molecular complexity index is 698. The van der Waals surface area contributed by atoms with Gasteiger partial charge in [-0.2, -0.15) is 13.2 Å². The van der Waals surface area contributed by atoms with E-state index in [0.29, 0.717) is 38.3 Å². The molecule has 0 saturated heterocycles. The van der Waals surface area contributed by atoms with E-state index in [1.807, 2.05) is 5.38 Å². The number of thiazole rings is 1. The molecule has 0 bridgehead atoms. The van der Waals surface area contributed by atoms with Gasteiger partial charge in [-0.05, 0) is 12.3 Å². The van der Waals surface area contributed by atoms with Gasteiger partial charge >= 0.3 is 12.2 Å². The highest BCUT2D eigenvalue weighted by Gasteiger charge is 2.35. The van der Waals surface area contributed by atoms with Crippen LogP contribution in [0, 0.1) is 5.92 Å². The van der Waals surface area contributed by atoms with Gasteiger partial charge in [-0.15, -0.1) is 11.3 Å². The third-order valence-electron chi connectivity index (χ3n) is 3.85. The van der Waals surface area contributed by atoms with Crippen LogP contribution in [0.5, 0.6) is 0 Å². The van der Waals surface area contributed by atoms with Crippen LogP contribution >= 0.6 is 11.3 Å². The van der Waals surface area contributed by atoms with Crippen LogP contribution in [0.4, 0.5) is 18.0 Å². The number of halogens is 3. The molecule has 0 aliphatic carbocycles. The molecule has 1 unspecified atom stereocenters. The number of hydrogen-bond acceptors (Lipinski definition) is 4. The molecule has 2 amide bonds. The van der Waals surface area contributed by atoms with Gasteiger partial charge in [-0.1, -0.05) is 0 Å². The molecular formula is C14H16F3N5OS. The average molecular weight is 359 g/mol. The number of amides is 2. The number of fused-ring (bicyclic) bond motifs is 1. The summed E-state index contributed by atoms with van der Waals surface area (Å²) >= 11 is 1.45. The third kappa shape index (κ3) is 4.05. The molecule has 6 nitrogen and oxygen atoms in total. The maximum atomic E-state index is 12.7. The molecule has 2 aromatic heterocycles. The Hall–Kier alpha value is -2.10. The van der Waals surface area contributed by atoms with Crippen LogP contribution in [0.15, 0.2) is 17.1 Å². The second-order valence-electron chi connectivity index (χ2n) is 5.64. The maximum absolute atomic E-state index is 12.7. The van der Waals surface area contributed by atoms with Crippen LogP contribution in [0.1, 0.15) is 23.6 Å². The SMILES string of the molecule is O=C(NCc1cscn1)NCC1CCc2nc(C(F)(F)F)cn2C1. The van der Waals surface area contributed by atoms with Crippen molar-refractivity contribution in [2.45, 2.75) is 32.1 Å². The zero-order valence-electron chi connectivity index (χ0n) is 12.6. The molecule has 0 saturated carbocycles. The lowest BCUT2D eigenvalue weighted by Gasteiger charge is -2.23. The fraction of sp³-hybridized carbons (Fsp3) is 0.500. The molecule has 1 atom stereocenters. The van der Waals surface area contributed by atoms with E-state index in [9.17, 15) is 18.0 Å². The van der Waals surface area contributed by atoms with Gasteiger partial charge in [0.25, 0.3) is 0 Å². The molecule has 10 heteroatoms. The predicted octanol–water partition coefficient (Wildman–Crippen LogP) is 2.42. The lowest BCUT2D eigenvalue weighted by Crippen LogP contribution is -2.39. The van der Waals surface area contributed by atoms with Crippen molar-refractivity contribution in [1.29, 1.82) is 0 Å². The average Bonchev–Trinajstić information content (AvgIpc) is 3.18. The van der Waals surface area contributed by atoms with Crippen molar-refractivity contribution in [2.75, 3.05) is 6.54 Å². The molecule has 3 rings (SSSR count). The summed E-state index contributed by atoms with van der Waals surface area (Å²) < 4.78 is 39.6. The van der Waals surface area contributed by atoms with Crippen molar-refractivity contribution in [3.63, 3.8) is 0 Å². The molecule has 1 aliphatic heterocycles. The number of rotatable bonds is 4. The van der Waals surface area contributed by atoms with Gasteiger partial charge in [0.05, 0.1) is 17.7 Å². The quantitative estimate of drug-likeness (QED) is 0.881. The van der Waals surface area contributed by atoms with Crippen LogP contribution in [0.25, 0.3) is 0 Å². The summed E-state index contributed by atoms with van der Waals surface area (Å²) in [6, 6.07) is -0.310. The first-order valence-corrected chi connectivity index (χ1v) is 8.38. The minimum atomic E-state index is -4.42. The summed E-state index contributed by atoms with van der Waals surface area (Å²) in [4.78, 5) is 19.4. The summed E-state index contributed by atoms with van der Waals surface area (Å²) in [5.41, 5.74) is 1.62. The molecule has 3 heterocycles. The van der Waals surface area contributed by atoms with E-state index < -0.39 is 11.9 Å². The van der Waals surface area contributed by atoms with Gasteiger partial charge in [-0.3, -0.25) is 0 Å². The molecule has 2 aromatic rings. The fourth-order valence-corrected chi connectivity index (χ4v) is 3.17. The number of urea groups is 1. The van der Waals surface area contributed by atoms with Crippen molar-refractivity contribution in [2.24, 2.45) is 5.92 Å². The largest absolute Gasteiger partial charge is 0.434 e. The Balaban J connectivity index is 1.47. The van der Waals surface area contributed by atoms with Gasteiger partial charge in [-0.25, -0.2) is 14.8 Å². The Labute approximate surface area is 140 Å². The highest BCUT2D eigenvalue weighted by Crippen LogP contribution is 2.30. The van der Waals surface area contributed by atoms with Crippen molar-refractivity contribution in [3.05, 3.63) is 34.3 Å². The van der Waals surface area contributed by atoms with Crippen LogP contribution in [-0.2, 0) is 25.7 Å². The first kappa shape index (κ1) is 16.7. The standard InChI is InChI=1S/C14H16F3N5OS/c15-14(16,17)11-6-22-5-9(1-2-12(22)21-11)3-18-13(23)19-4-10-7-24-8-20-10/h6-9H,1-5H2,(H2,18,19,23). The number of aromatic nitrogens is 3. The van der Waals surface area contributed by atoms with Crippen molar-refractivity contribution in [1.82, 2.24) is 25.2 Å². The second-order valence-corrected chi connectivity index (χ2v) is 6.36. The van der Waals surface area contributed by atoms with E-state index in [-0.39, 0.29) is 11.9 Å². The number of nitrogens with zero attached hydrogens (tertiary/aromatic N) is 3. The number of imidazole rings is 1. The van der Waals surface area contributed by atoms with Gasteiger partial charge < -0.3 is 15.2 Å². The topological polar surface area (TPSA) is 71.8 Å². The van der Waals surface area contributed by atoms with Gasteiger partial charge in [0.1, 0.15) is 5.82 Å². The molecular weight excluding hydrogens is 343 g/mol. The number of carbonyl (C=O) groups excluding carboxylic acids is 1. The van der Waals surface area contributed by atoms with Crippen molar-refractivity contribution >= 4 is 17.4 Å². The third-order valence-corrected chi connectivity index (χ3v) is 4.48. The number of carbonyl (C=O) groups is 1. The first-order valence-electron chi connectivity index (χ1n) is 7.44. The Kier molecular flexibility index (Phi) is 4.74. The van der Waals surface area contributed by atoms with E-state index >= 15 is 0 Å².